The molecule has 2 rings (SSSR count). The minimum atomic E-state index is -0.242. The summed E-state index contributed by atoms with van der Waals surface area (Å²) in [7, 11) is 7.06. The second-order valence-corrected chi connectivity index (χ2v) is 8.77. The Balaban J connectivity index is 2.45. The number of methoxy groups -OCH3 is 1. The minimum absolute atomic E-state index is 0.00140. The molecule has 178 valence electrons. The van der Waals surface area contributed by atoms with E-state index in [-0.39, 0.29) is 48.9 Å². The lowest BCUT2D eigenvalue weighted by molar-refractivity contribution is -0.136. The third-order valence-corrected chi connectivity index (χ3v) is 5.54. The van der Waals surface area contributed by atoms with Crippen LogP contribution in [0.4, 0.5) is 5.69 Å². The van der Waals surface area contributed by atoms with Gasteiger partial charge >= 0.3 is 0 Å². The number of likely N-dealkylation sites (N-methyl/N-ethyl adjacent to an activating group) is 2. The number of ether oxygens (including phenoxy) is 2. The molecule has 0 unspecified atom stereocenters. The summed E-state index contributed by atoms with van der Waals surface area (Å²) >= 11 is 0. The van der Waals surface area contributed by atoms with E-state index < -0.39 is 0 Å². The molecular formula is C23H36N4O5. The summed E-state index contributed by atoms with van der Waals surface area (Å²) in [6.45, 7) is 6.72. The summed E-state index contributed by atoms with van der Waals surface area (Å²) in [4.78, 5) is 42.9. The average molecular weight is 449 g/mol. The highest BCUT2D eigenvalue weighted by atomic mass is 16.5. The van der Waals surface area contributed by atoms with Gasteiger partial charge in [0.1, 0.15) is 12.4 Å². The Morgan fingerprint density at radius 2 is 1.94 bits per heavy atom. The molecule has 1 aromatic rings. The molecule has 9 heteroatoms. The molecule has 0 aliphatic carbocycles. The maximum absolute atomic E-state index is 13.2. The number of hydrogen-bond acceptors (Lipinski definition) is 6. The first-order valence-corrected chi connectivity index (χ1v) is 10.8. The van der Waals surface area contributed by atoms with Crippen molar-refractivity contribution in [2.75, 3.05) is 59.8 Å². The molecule has 1 aliphatic heterocycles. The summed E-state index contributed by atoms with van der Waals surface area (Å²) in [6, 6.07) is 4.74. The zero-order valence-electron chi connectivity index (χ0n) is 20.2. The second kappa shape index (κ2) is 11.3. The van der Waals surface area contributed by atoms with E-state index in [1.165, 1.54) is 6.92 Å². The number of rotatable bonds is 4. The quantitative estimate of drug-likeness (QED) is 0.751. The van der Waals surface area contributed by atoms with Crippen molar-refractivity contribution in [3.8, 4) is 5.75 Å². The maximum atomic E-state index is 13.2. The molecule has 0 aromatic heterocycles. The number of benzene rings is 1. The van der Waals surface area contributed by atoms with Gasteiger partial charge in [-0.3, -0.25) is 14.4 Å². The van der Waals surface area contributed by atoms with Crippen LogP contribution in [0.1, 0.15) is 31.1 Å². The van der Waals surface area contributed by atoms with Gasteiger partial charge in [-0.2, -0.15) is 0 Å². The van der Waals surface area contributed by atoms with Crippen LogP contribution in [0.3, 0.4) is 0 Å². The van der Waals surface area contributed by atoms with Gasteiger partial charge in [0.05, 0.1) is 24.3 Å². The van der Waals surface area contributed by atoms with Gasteiger partial charge in [-0.15, -0.1) is 0 Å². The fourth-order valence-corrected chi connectivity index (χ4v) is 3.76. The molecule has 1 N–H and O–H groups in total. The number of carbonyl (C=O) groups excluding carboxylic acids is 3. The summed E-state index contributed by atoms with van der Waals surface area (Å²) in [6.07, 6.45) is -0.242. The van der Waals surface area contributed by atoms with Gasteiger partial charge in [-0.1, -0.05) is 6.92 Å². The van der Waals surface area contributed by atoms with E-state index in [0.717, 1.165) is 0 Å². The lowest BCUT2D eigenvalue weighted by Crippen LogP contribution is -2.50. The van der Waals surface area contributed by atoms with Crippen LogP contribution in [-0.2, 0) is 14.3 Å². The van der Waals surface area contributed by atoms with Crippen molar-refractivity contribution in [2.45, 2.75) is 32.9 Å². The van der Waals surface area contributed by atoms with Crippen molar-refractivity contribution in [1.29, 1.82) is 0 Å². The number of hydrogen-bond donors (Lipinski definition) is 1. The van der Waals surface area contributed by atoms with E-state index in [2.05, 4.69) is 5.32 Å². The lowest BCUT2D eigenvalue weighted by atomic mass is 10.0. The molecule has 9 nitrogen and oxygen atoms in total. The van der Waals surface area contributed by atoms with E-state index in [0.29, 0.717) is 30.1 Å². The van der Waals surface area contributed by atoms with E-state index in [9.17, 15) is 14.4 Å². The van der Waals surface area contributed by atoms with Crippen LogP contribution >= 0.6 is 0 Å². The Hall–Kier alpha value is -2.65. The predicted octanol–water partition coefficient (Wildman–Crippen LogP) is 1.54. The molecule has 32 heavy (non-hydrogen) atoms. The average Bonchev–Trinajstić information content (AvgIpc) is 2.71. The number of amides is 3. The molecule has 0 radical (unpaired) electrons. The summed E-state index contributed by atoms with van der Waals surface area (Å²) in [5.41, 5.74) is 0.929. The van der Waals surface area contributed by atoms with Crippen molar-refractivity contribution in [1.82, 2.24) is 14.7 Å². The SMILES string of the molecule is CO[C@@H]1CN(C)C(=O)c2ccc(NC(C)=O)cc2OC[C@@H](C)N(C(=O)CN(C)C)C[C@@H]1C. The summed E-state index contributed by atoms with van der Waals surface area (Å²) in [5.74, 6) is -0.0430. The van der Waals surface area contributed by atoms with Crippen molar-refractivity contribution in [2.24, 2.45) is 5.92 Å². The molecule has 3 atom stereocenters. The Labute approximate surface area is 190 Å². The number of nitrogens with zero attached hydrogens (tertiary/aromatic N) is 3. The highest BCUT2D eigenvalue weighted by Gasteiger charge is 2.30. The van der Waals surface area contributed by atoms with Gasteiger partial charge in [0.25, 0.3) is 5.91 Å². The largest absolute Gasteiger partial charge is 0.491 e. The van der Waals surface area contributed by atoms with Crippen LogP contribution in [-0.4, -0.2) is 99.1 Å². The molecule has 1 aromatic carbocycles. The fraction of sp³-hybridized carbons (Fsp3) is 0.609. The fourth-order valence-electron chi connectivity index (χ4n) is 3.76. The van der Waals surface area contributed by atoms with Crippen molar-refractivity contribution in [3.63, 3.8) is 0 Å². The highest BCUT2D eigenvalue weighted by molar-refractivity contribution is 5.98. The van der Waals surface area contributed by atoms with Crippen LogP contribution in [0.25, 0.3) is 0 Å². The maximum Gasteiger partial charge on any atom is 0.257 e. The van der Waals surface area contributed by atoms with Gasteiger partial charge in [-0.25, -0.2) is 0 Å². The standard InChI is InChI=1S/C23H36N4O5/c1-15-11-27(22(29)13-25(4)5)16(2)14-32-20-10-18(24-17(3)28)8-9-19(20)23(30)26(6)12-21(15)31-7/h8-10,15-16,21H,11-14H2,1-7H3,(H,24,28)/t15-,16+,21+/m0/s1. The number of carbonyl (C=O) groups is 3. The monoisotopic (exact) mass is 448 g/mol. The first-order chi connectivity index (χ1) is 15.0. The van der Waals surface area contributed by atoms with Crippen LogP contribution < -0.4 is 10.1 Å². The van der Waals surface area contributed by atoms with Gasteiger partial charge < -0.3 is 29.5 Å². The molecule has 1 aliphatic rings. The Morgan fingerprint density at radius 1 is 1.25 bits per heavy atom. The normalized spacial score (nSPS) is 22.5. The molecule has 0 spiro atoms. The zero-order valence-corrected chi connectivity index (χ0v) is 20.2. The van der Waals surface area contributed by atoms with Crippen LogP contribution in [0.2, 0.25) is 0 Å². The van der Waals surface area contributed by atoms with E-state index in [1.54, 1.807) is 37.3 Å². The van der Waals surface area contributed by atoms with Gasteiger partial charge in [0.15, 0.2) is 0 Å². The van der Waals surface area contributed by atoms with Crippen LogP contribution in [0.15, 0.2) is 18.2 Å². The Kier molecular flexibility index (Phi) is 9.03. The highest BCUT2D eigenvalue weighted by Crippen LogP contribution is 2.27. The van der Waals surface area contributed by atoms with Crippen LogP contribution in [0, 0.1) is 5.92 Å². The molecule has 0 bridgehead atoms. The molecule has 0 fully saturated rings. The molecule has 1 heterocycles. The van der Waals surface area contributed by atoms with Gasteiger partial charge in [-0.05, 0) is 33.2 Å². The first kappa shape index (κ1) is 25.6. The van der Waals surface area contributed by atoms with E-state index >= 15 is 0 Å². The predicted molar refractivity (Wildman–Crippen MR) is 123 cm³/mol. The van der Waals surface area contributed by atoms with Gasteiger partial charge in [0, 0.05) is 51.8 Å². The van der Waals surface area contributed by atoms with E-state index in [4.69, 9.17) is 9.47 Å². The first-order valence-electron chi connectivity index (χ1n) is 10.8. The number of anilines is 1. The zero-order chi connectivity index (χ0) is 24.0. The number of fused-ring (bicyclic) bond motifs is 1. The number of nitrogens with one attached hydrogen (secondary N) is 1. The minimum Gasteiger partial charge on any atom is -0.491 e. The third kappa shape index (κ3) is 6.67. The van der Waals surface area contributed by atoms with Crippen molar-refractivity contribution < 1.29 is 23.9 Å². The van der Waals surface area contributed by atoms with Crippen molar-refractivity contribution >= 4 is 23.4 Å². The van der Waals surface area contributed by atoms with Crippen molar-refractivity contribution in [3.05, 3.63) is 23.8 Å². The molecular weight excluding hydrogens is 412 g/mol. The third-order valence-electron chi connectivity index (χ3n) is 5.54. The Morgan fingerprint density at radius 3 is 2.53 bits per heavy atom. The Bertz CT molecular complexity index is 829. The van der Waals surface area contributed by atoms with Crippen LogP contribution in [0.5, 0.6) is 5.75 Å². The van der Waals surface area contributed by atoms with E-state index in [1.807, 2.05) is 37.7 Å². The molecule has 0 saturated heterocycles. The smallest absolute Gasteiger partial charge is 0.257 e. The molecule has 3 amide bonds. The molecule has 0 saturated carbocycles. The lowest BCUT2D eigenvalue weighted by Gasteiger charge is -2.36. The second-order valence-electron chi connectivity index (χ2n) is 8.77. The summed E-state index contributed by atoms with van der Waals surface area (Å²) in [5, 5.41) is 2.72. The summed E-state index contributed by atoms with van der Waals surface area (Å²) < 4.78 is 11.8. The topological polar surface area (TPSA) is 91.4 Å². The van der Waals surface area contributed by atoms with Gasteiger partial charge in [0.2, 0.25) is 11.8 Å².